The first kappa shape index (κ1) is 14.2. The van der Waals surface area contributed by atoms with E-state index >= 15 is 0 Å². The van der Waals surface area contributed by atoms with Crippen molar-refractivity contribution in [1.82, 2.24) is 5.32 Å². The maximum absolute atomic E-state index is 3.42. The van der Waals surface area contributed by atoms with Crippen LogP contribution in [0.5, 0.6) is 0 Å². The predicted molar refractivity (Wildman–Crippen MR) is 78.4 cm³/mol. The lowest BCUT2D eigenvalue weighted by atomic mass is 10.2. The van der Waals surface area contributed by atoms with Crippen LogP contribution in [0.2, 0.25) is 0 Å². The number of hydrogen-bond acceptors (Lipinski definition) is 2. The standard InChI is InChI=1S/C15H21NS/c1-3-17-13-11-14(2)16-12-7-10-15-8-5-4-6-9-15/h4-6,8-9,14,16H,3,11-13H2,1-2H3. The van der Waals surface area contributed by atoms with E-state index in [1.54, 1.807) is 0 Å². The highest BCUT2D eigenvalue weighted by atomic mass is 32.2. The Hall–Kier alpha value is -0.910. The van der Waals surface area contributed by atoms with Gasteiger partial charge in [0.2, 0.25) is 0 Å². The Labute approximate surface area is 109 Å². The van der Waals surface area contributed by atoms with Gasteiger partial charge in [0.1, 0.15) is 0 Å². The van der Waals surface area contributed by atoms with E-state index < -0.39 is 0 Å². The van der Waals surface area contributed by atoms with Gasteiger partial charge in [-0.3, -0.25) is 0 Å². The Kier molecular flexibility index (Phi) is 7.62. The molecular weight excluding hydrogens is 226 g/mol. The molecule has 1 aromatic carbocycles. The van der Waals surface area contributed by atoms with E-state index in [1.807, 2.05) is 42.1 Å². The van der Waals surface area contributed by atoms with Gasteiger partial charge in [-0.05, 0) is 37.0 Å². The molecule has 0 aliphatic carbocycles. The minimum atomic E-state index is 0.555. The van der Waals surface area contributed by atoms with Crippen molar-refractivity contribution in [3.8, 4) is 11.8 Å². The third kappa shape index (κ3) is 7.10. The van der Waals surface area contributed by atoms with Gasteiger partial charge in [0.05, 0.1) is 6.54 Å². The molecule has 1 nitrogen and oxygen atoms in total. The number of hydrogen-bond donors (Lipinski definition) is 1. The molecule has 0 bridgehead atoms. The molecular formula is C15H21NS. The van der Waals surface area contributed by atoms with Gasteiger partial charge in [0.25, 0.3) is 0 Å². The minimum Gasteiger partial charge on any atom is -0.304 e. The monoisotopic (exact) mass is 247 g/mol. The summed E-state index contributed by atoms with van der Waals surface area (Å²) >= 11 is 2.00. The number of rotatable bonds is 6. The lowest BCUT2D eigenvalue weighted by Crippen LogP contribution is -2.26. The fourth-order valence-electron chi connectivity index (χ4n) is 1.40. The summed E-state index contributed by atoms with van der Waals surface area (Å²) in [6.07, 6.45) is 1.21. The summed E-state index contributed by atoms with van der Waals surface area (Å²) in [5, 5.41) is 3.42. The normalized spacial score (nSPS) is 11.6. The van der Waals surface area contributed by atoms with Crippen LogP contribution in [-0.2, 0) is 0 Å². The van der Waals surface area contributed by atoms with Gasteiger partial charge in [-0.1, -0.05) is 37.0 Å². The first-order valence-electron chi connectivity index (χ1n) is 6.18. The van der Waals surface area contributed by atoms with E-state index in [0.717, 1.165) is 12.1 Å². The summed E-state index contributed by atoms with van der Waals surface area (Å²) in [5.74, 6) is 8.75. The molecule has 0 aliphatic heterocycles. The van der Waals surface area contributed by atoms with Crippen LogP contribution in [0.25, 0.3) is 0 Å². The van der Waals surface area contributed by atoms with Crippen LogP contribution in [0.1, 0.15) is 25.8 Å². The largest absolute Gasteiger partial charge is 0.304 e. The average Bonchev–Trinajstić information content (AvgIpc) is 2.36. The van der Waals surface area contributed by atoms with E-state index in [9.17, 15) is 0 Å². The molecule has 1 atom stereocenters. The highest BCUT2D eigenvalue weighted by Gasteiger charge is 1.98. The maximum Gasteiger partial charge on any atom is 0.0582 e. The summed E-state index contributed by atoms with van der Waals surface area (Å²) in [7, 11) is 0. The van der Waals surface area contributed by atoms with Crippen LogP contribution >= 0.6 is 11.8 Å². The van der Waals surface area contributed by atoms with Crippen LogP contribution in [0.4, 0.5) is 0 Å². The van der Waals surface area contributed by atoms with Crippen LogP contribution in [-0.4, -0.2) is 24.1 Å². The number of thioether (sulfide) groups is 1. The first-order chi connectivity index (χ1) is 8.33. The molecule has 0 amide bonds. The molecule has 17 heavy (non-hydrogen) atoms. The average molecular weight is 247 g/mol. The fraction of sp³-hybridized carbons (Fsp3) is 0.467. The third-order valence-corrected chi connectivity index (χ3v) is 3.38. The SMILES string of the molecule is CCSCCC(C)NCC#Cc1ccccc1. The molecule has 2 heteroatoms. The molecule has 1 aromatic rings. The molecule has 92 valence electrons. The molecule has 0 fully saturated rings. The molecule has 1 rings (SSSR count). The highest BCUT2D eigenvalue weighted by Crippen LogP contribution is 2.03. The second-order valence-corrected chi connectivity index (χ2v) is 5.33. The second-order valence-electron chi connectivity index (χ2n) is 3.94. The quantitative estimate of drug-likeness (QED) is 0.612. The van der Waals surface area contributed by atoms with Gasteiger partial charge in [0, 0.05) is 11.6 Å². The van der Waals surface area contributed by atoms with E-state index in [-0.39, 0.29) is 0 Å². The Morgan fingerprint density at radius 1 is 1.29 bits per heavy atom. The van der Waals surface area contributed by atoms with Gasteiger partial charge in [-0.25, -0.2) is 0 Å². The maximum atomic E-state index is 3.42. The molecule has 0 saturated heterocycles. The van der Waals surface area contributed by atoms with Crippen molar-refractivity contribution >= 4 is 11.8 Å². The van der Waals surface area contributed by atoms with Crippen molar-refractivity contribution < 1.29 is 0 Å². The third-order valence-electron chi connectivity index (χ3n) is 2.44. The van der Waals surface area contributed by atoms with Crippen LogP contribution < -0.4 is 5.32 Å². The zero-order valence-corrected chi connectivity index (χ0v) is 11.5. The predicted octanol–water partition coefficient (Wildman–Crippen LogP) is 3.16. The lowest BCUT2D eigenvalue weighted by Gasteiger charge is -2.10. The van der Waals surface area contributed by atoms with E-state index in [4.69, 9.17) is 0 Å². The Balaban J connectivity index is 2.17. The molecule has 0 saturated carbocycles. The van der Waals surface area contributed by atoms with E-state index in [1.165, 1.54) is 17.9 Å². The van der Waals surface area contributed by atoms with Crippen molar-refractivity contribution in [3.63, 3.8) is 0 Å². The fourth-order valence-corrected chi connectivity index (χ4v) is 2.21. The van der Waals surface area contributed by atoms with Crippen molar-refractivity contribution in [2.45, 2.75) is 26.3 Å². The van der Waals surface area contributed by atoms with Gasteiger partial charge in [0.15, 0.2) is 0 Å². The molecule has 0 aliphatic rings. The zero-order valence-electron chi connectivity index (χ0n) is 10.7. The number of nitrogens with one attached hydrogen (secondary N) is 1. The Bertz CT molecular complexity index is 350. The smallest absolute Gasteiger partial charge is 0.0582 e. The zero-order chi connectivity index (χ0) is 12.3. The van der Waals surface area contributed by atoms with Gasteiger partial charge in [-0.15, -0.1) is 0 Å². The summed E-state index contributed by atoms with van der Waals surface area (Å²) in [6, 6.07) is 10.7. The second kappa shape index (κ2) is 9.15. The molecule has 0 spiro atoms. The van der Waals surface area contributed by atoms with E-state index in [0.29, 0.717) is 6.04 Å². The van der Waals surface area contributed by atoms with Crippen molar-refractivity contribution in [1.29, 1.82) is 0 Å². The Morgan fingerprint density at radius 2 is 2.06 bits per heavy atom. The lowest BCUT2D eigenvalue weighted by molar-refractivity contribution is 0.575. The first-order valence-corrected chi connectivity index (χ1v) is 7.33. The molecule has 1 unspecified atom stereocenters. The van der Waals surface area contributed by atoms with Crippen molar-refractivity contribution in [2.24, 2.45) is 0 Å². The van der Waals surface area contributed by atoms with Gasteiger partial charge < -0.3 is 5.32 Å². The molecule has 0 aromatic heterocycles. The minimum absolute atomic E-state index is 0.555. The summed E-state index contributed by atoms with van der Waals surface area (Å²) < 4.78 is 0. The topological polar surface area (TPSA) is 12.0 Å². The van der Waals surface area contributed by atoms with Gasteiger partial charge in [-0.2, -0.15) is 11.8 Å². The molecule has 1 N–H and O–H groups in total. The molecule has 0 radical (unpaired) electrons. The van der Waals surface area contributed by atoms with Crippen LogP contribution in [0.3, 0.4) is 0 Å². The summed E-state index contributed by atoms with van der Waals surface area (Å²) in [4.78, 5) is 0. The molecule has 0 heterocycles. The number of benzene rings is 1. The van der Waals surface area contributed by atoms with Crippen LogP contribution in [0.15, 0.2) is 30.3 Å². The summed E-state index contributed by atoms with van der Waals surface area (Å²) in [5.41, 5.74) is 1.09. The van der Waals surface area contributed by atoms with Crippen LogP contribution in [0, 0.1) is 11.8 Å². The van der Waals surface area contributed by atoms with Crippen molar-refractivity contribution in [3.05, 3.63) is 35.9 Å². The highest BCUT2D eigenvalue weighted by molar-refractivity contribution is 7.99. The van der Waals surface area contributed by atoms with Gasteiger partial charge >= 0.3 is 0 Å². The van der Waals surface area contributed by atoms with Crippen molar-refractivity contribution in [2.75, 3.05) is 18.1 Å². The summed E-state index contributed by atoms with van der Waals surface area (Å²) in [6.45, 7) is 5.20. The van der Waals surface area contributed by atoms with E-state index in [2.05, 4.69) is 31.0 Å². The Morgan fingerprint density at radius 3 is 2.76 bits per heavy atom.